The molecule has 0 amide bonds. The highest BCUT2D eigenvalue weighted by atomic mass is 16.3. The molecule has 0 saturated heterocycles. The topological polar surface area (TPSA) is 53.8 Å². The van der Waals surface area contributed by atoms with E-state index < -0.39 is 0 Å². The Morgan fingerprint density at radius 2 is 1.53 bits per heavy atom. The van der Waals surface area contributed by atoms with Crippen LogP contribution in [0.3, 0.4) is 0 Å². The van der Waals surface area contributed by atoms with Gasteiger partial charge in [0.25, 0.3) is 0 Å². The Hall–Kier alpha value is -4.96. The minimum absolute atomic E-state index is 0.410. The molecule has 0 unspecified atom stereocenters. The molecular weight excluding hydrogens is 442 g/mol. The van der Waals surface area contributed by atoms with Crippen LogP contribution in [0.4, 0.5) is 5.69 Å². The Labute approximate surface area is 205 Å². The number of aromatic nitrogens is 1. The normalized spacial score (nSPS) is 15.1. The van der Waals surface area contributed by atoms with E-state index in [1.54, 1.807) is 6.08 Å². The van der Waals surface area contributed by atoms with Crippen LogP contribution in [0.15, 0.2) is 119 Å². The average molecular weight is 462 g/mol. The summed E-state index contributed by atoms with van der Waals surface area (Å²) in [5.74, 6) is 0. The van der Waals surface area contributed by atoms with Gasteiger partial charge in [0.15, 0.2) is 0 Å². The molecule has 1 aliphatic rings. The number of fused-ring (bicyclic) bond motifs is 7. The third kappa shape index (κ3) is 2.58. The molecule has 7 aromatic rings. The predicted octanol–water partition coefficient (Wildman–Crippen LogP) is 8.47. The third-order valence-corrected chi connectivity index (χ3v) is 7.19. The van der Waals surface area contributed by atoms with Gasteiger partial charge in [-0.3, -0.25) is 5.41 Å². The molecule has 0 radical (unpaired) electrons. The molecular formula is C32H19N3O. The molecule has 4 aromatic carbocycles. The van der Waals surface area contributed by atoms with Crippen molar-refractivity contribution < 1.29 is 4.42 Å². The molecule has 36 heavy (non-hydrogen) atoms. The number of nitrogens with zero attached hydrogens (tertiary/aromatic N) is 2. The number of furan rings is 1. The molecule has 3 aromatic heterocycles. The van der Waals surface area contributed by atoms with Crippen molar-refractivity contribution in [1.29, 1.82) is 5.41 Å². The van der Waals surface area contributed by atoms with E-state index in [0.29, 0.717) is 11.4 Å². The summed E-state index contributed by atoms with van der Waals surface area (Å²) in [7, 11) is 0. The monoisotopic (exact) mass is 461 g/mol. The van der Waals surface area contributed by atoms with Crippen LogP contribution in [-0.4, -0.2) is 15.8 Å². The first kappa shape index (κ1) is 19.4. The first-order valence-electron chi connectivity index (χ1n) is 12.0. The molecule has 4 heteroatoms. The van der Waals surface area contributed by atoms with E-state index in [4.69, 9.17) is 14.8 Å². The van der Waals surface area contributed by atoms with E-state index in [1.165, 1.54) is 21.9 Å². The molecule has 0 aliphatic heterocycles. The largest absolute Gasteiger partial charge is 0.456 e. The van der Waals surface area contributed by atoms with Gasteiger partial charge in [-0.1, -0.05) is 72.8 Å². The van der Waals surface area contributed by atoms with Crippen LogP contribution in [-0.2, 0) is 0 Å². The van der Waals surface area contributed by atoms with Crippen LogP contribution < -0.4 is 0 Å². The van der Waals surface area contributed by atoms with Crippen molar-refractivity contribution in [2.45, 2.75) is 0 Å². The Morgan fingerprint density at radius 1 is 0.694 bits per heavy atom. The van der Waals surface area contributed by atoms with Crippen molar-refractivity contribution in [2.75, 3.05) is 0 Å². The molecule has 168 valence electrons. The SMILES string of the molecule is N=C1C=CC=CC1=Nc1cn2c3cc(-c4ccccc4)ccc3c3c4c(cc1c32)oc1ccccc14. The van der Waals surface area contributed by atoms with Gasteiger partial charge in [0.05, 0.1) is 28.1 Å². The molecule has 8 rings (SSSR count). The van der Waals surface area contributed by atoms with Crippen LogP contribution in [0, 0.1) is 5.41 Å². The van der Waals surface area contributed by atoms with Crippen molar-refractivity contribution in [3.63, 3.8) is 0 Å². The quantitative estimate of drug-likeness (QED) is 0.258. The van der Waals surface area contributed by atoms with E-state index in [1.807, 2.05) is 36.4 Å². The van der Waals surface area contributed by atoms with Gasteiger partial charge in [0.2, 0.25) is 0 Å². The smallest absolute Gasteiger partial charge is 0.136 e. The number of rotatable bonds is 2. The summed E-state index contributed by atoms with van der Waals surface area (Å²) in [5.41, 5.74) is 8.27. The van der Waals surface area contributed by atoms with Crippen molar-refractivity contribution in [1.82, 2.24) is 4.40 Å². The second-order valence-corrected chi connectivity index (χ2v) is 9.23. The summed E-state index contributed by atoms with van der Waals surface area (Å²) < 4.78 is 8.61. The summed E-state index contributed by atoms with van der Waals surface area (Å²) in [6.07, 6.45) is 9.55. The number of allylic oxidation sites excluding steroid dienone is 4. The average Bonchev–Trinajstić information content (AvgIpc) is 3.57. The van der Waals surface area contributed by atoms with Gasteiger partial charge in [-0.25, -0.2) is 4.99 Å². The van der Waals surface area contributed by atoms with Crippen LogP contribution in [0.1, 0.15) is 0 Å². The second kappa shape index (κ2) is 7.03. The first-order chi connectivity index (χ1) is 17.8. The summed E-state index contributed by atoms with van der Waals surface area (Å²) in [6, 6.07) is 27.5. The van der Waals surface area contributed by atoms with E-state index in [9.17, 15) is 0 Å². The Morgan fingerprint density at radius 3 is 2.42 bits per heavy atom. The highest BCUT2D eigenvalue weighted by Gasteiger charge is 2.22. The first-order valence-corrected chi connectivity index (χ1v) is 12.0. The number of hydrogen-bond donors (Lipinski definition) is 1. The summed E-state index contributed by atoms with van der Waals surface area (Å²) in [6.45, 7) is 0. The van der Waals surface area contributed by atoms with Gasteiger partial charge >= 0.3 is 0 Å². The second-order valence-electron chi connectivity index (χ2n) is 9.23. The molecule has 1 N–H and O–H groups in total. The summed E-state index contributed by atoms with van der Waals surface area (Å²) >= 11 is 0. The molecule has 0 fully saturated rings. The molecule has 0 saturated carbocycles. The van der Waals surface area contributed by atoms with Gasteiger partial charge in [0.1, 0.15) is 11.2 Å². The molecule has 3 heterocycles. The number of para-hydroxylation sites is 1. The van der Waals surface area contributed by atoms with Crippen molar-refractivity contribution in [3.05, 3.63) is 109 Å². The molecule has 1 aliphatic carbocycles. The Kier molecular flexibility index (Phi) is 3.78. The minimum atomic E-state index is 0.410. The highest BCUT2D eigenvalue weighted by Crippen LogP contribution is 2.46. The molecule has 0 bridgehead atoms. The van der Waals surface area contributed by atoms with Gasteiger partial charge in [-0.2, -0.15) is 0 Å². The number of nitrogens with one attached hydrogen (secondary N) is 1. The van der Waals surface area contributed by atoms with Crippen LogP contribution in [0.25, 0.3) is 60.3 Å². The van der Waals surface area contributed by atoms with Gasteiger partial charge < -0.3 is 8.82 Å². The maximum Gasteiger partial charge on any atom is 0.136 e. The lowest BCUT2D eigenvalue weighted by molar-refractivity contribution is 0.669. The number of benzene rings is 4. The Bertz CT molecular complexity index is 2100. The lowest BCUT2D eigenvalue weighted by Crippen LogP contribution is -2.08. The maximum absolute atomic E-state index is 8.32. The van der Waals surface area contributed by atoms with Crippen molar-refractivity contribution in [2.24, 2.45) is 4.99 Å². The molecule has 0 spiro atoms. The zero-order valence-corrected chi connectivity index (χ0v) is 19.2. The van der Waals surface area contributed by atoms with E-state index in [2.05, 4.69) is 71.3 Å². The lowest BCUT2D eigenvalue weighted by atomic mass is 10.0. The van der Waals surface area contributed by atoms with Gasteiger partial charge in [0, 0.05) is 33.1 Å². The van der Waals surface area contributed by atoms with E-state index in [-0.39, 0.29) is 0 Å². The van der Waals surface area contributed by atoms with E-state index >= 15 is 0 Å². The summed E-state index contributed by atoms with van der Waals surface area (Å²) in [5, 5.41) is 14.0. The van der Waals surface area contributed by atoms with Crippen molar-refractivity contribution in [3.8, 4) is 11.1 Å². The molecule has 4 nitrogen and oxygen atoms in total. The minimum Gasteiger partial charge on any atom is -0.456 e. The van der Waals surface area contributed by atoms with Crippen molar-refractivity contribution >= 4 is 66.2 Å². The zero-order valence-electron chi connectivity index (χ0n) is 19.2. The predicted molar refractivity (Wildman–Crippen MR) is 149 cm³/mol. The van der Waals surface area contributed by atoms with Crippen LogP contribution in [0.5, 0.6) is 0 Å². The number of hydrogen-bond acceptors (Lipinski definition) is 3. The van der Waals surface area contributed by atoms with Crippen LogP contribution in [0.2, 0.25) is 0 Å². The summed E-state index contributed by atoms with van der Waals surface area (Å²) in [4.78, 5) is 4.93. The highest BCUT2D eigenvalue weighted by molar-refractivity contribution is 6.50. The fourth-order valence-electron chi connectivity index (χ4n) is 5.57. The van der Waals surface area contributed by atoms with Gasteiger partial charge in [-0.05, 0) is 41.5 Å². The zero-order chi connectivity index (χ0) is 23.8. The third-order valence-electron chi connectivity index (χ3n) is 7.19. The van der Waals surface area contributed by atoms with Crippen LogP contribution >= 0.6 is 0 Å². The standard InChI is InChI=1S/C32H19N3O/c33-24-11-5-6-12-25(24)34-26-18-35-27-16-20(19-8-2-1-3-9-19)14-15-21(27)31-30-22-10-4-7-13-28(22)36-29(30)17-23(26)32(31)35/h1-18,33H. The fourth-order valence-corrected chi connectivity index (χ4v) is 5.57. The van der Waals surface area contributed by atoms with Gasteiger partial charge in [-0.15, -0.1) is 0 Å². The molecule has 0 atom stereocenters. The Balaban J connectivity index is 1.54. The lowest BCUT2D eigenvalue weighted by Gasteiger charge is -2.04. The van der Waals surface area contributed by atoms with E-state index in [0.717, 1.165) is 44.0 Å². The maximum atomic E-state index is 8.32. The fraction of sp³-hybridized carbons (Fsp3) is 0. The number of aliphatic imine (C=N–C) groups is 1.